The monoisotopic (exact) mass is 333 g/mol. The van der Waals surface area contributed by atoms with E-state index in [9.17, 15) is 0 Å². The Balaban J connectivity index is 2.23. The van der Waals surface area contributed by atoms with Crippen molar-refractivity contribution in [3.63, 3.8) is 0 Å². The van der Waals surface area contributed by atoms with Gasteiger partial charge in [-0.2, -0.15) is 0 Å². The van der Waals surface area contributed by atoms with Crippen molar-refractivity contribution in [2.45, 2.75) is 25.3 Å². The van der Waals surface area contributed by atoms with Crippen LogP contribution in [0.4, 0.5) is 0 Å². The number of alkyl halides is 1. The molecule has 110 valence electrons. The lowest BCUT2D eigenvalue weighted by atomic mass is 10.2. The molecule has 1 aromatic carbocycles. The highest BCUT2D eigenvalue weighted by Gasteiger charge is 2.12. The number of benzene rings is 1. The van der Waals surface area contributed by atoms with Gasteiger partial charge in [-0.05, 0) is 45.6 Å². The van der Waals surface area contributed by atoms with Crippen LogP contribution in [0.5, 0.6) is 0 Å². The third kappa shape index (κ3) is 3.59. The summed E-state index contributed by atoms with van der Waals surface area (Å²) in [4.78, 5) is 6.71. The maximum Gasteiger partial charge on any atom is 0.124 e. The van der Waals surface area contributed by atoms with Gasteiger partial charge in [0, 0.05) is 6.54 Å². The average Bonchev–Trinajstić information content (AvgIpc) is 2.72. The minimum atomic E-state index is 0.387. The molecule has 20 heavy (non-hydrogen) atoms. The van der Waals surface area contributed by atoms with Gasteiger partial charge >= 0.3 is 0 Å². The number of nitrogens with zero attached hydrogens (tertiary/aromatic N) is 3. The summed E-state index contributed by atoms with van der Waals surface area (Å²) >= 11 is 18.1. The van der Waals surface area contributed by atoms with E-state index >= 15 is 0 Å². The van der Waals surface area contributed by atoms with Gasteiger partial charge in [0.05, 0.1) is 27.0 Å². The van der Waals surface area contributed by atoms with Crippen LogP contribution in [-0.2, 0) is 12.4 Å². The minimum absolute atomic E-state index is 0.387. The van der Waals surface area contributed by atoms with E-state index in [0.717, 1.165) is 42.8 Å². The van der Waals surface area contributed by atoms with Crippen molar-refractivity contribution in [1.82, 2.24) is 14.5 Å². The molecule has 0 fully saturated rings. The Morgan fingerprint density at radius 1 is 1.15 bits per heavy atom. The third-order valence-electron chi connectivity index (χ3n) is 3.23. The lowest BCUT2D eigenvalue weighted by molar-refractivity contribution is 0.388. The second-order valence-electron chi connectivity index (χ2n) is 5.08. The van der Waals surface area contributed by atoms with Gasteiger partial charge < -0.3 is 9.47 Å². The largest absolute Gasteiger partial charge is 0.327 e. The number of hydrogen-bond acceptors (Lipinski definition) is 2. The van der Waals surface area contributed by atoms with Crippen LogP contribution in [0.15, 0.2) is 12.1 Å². The molecule has 0 aliphatic carbocycles. The van der Waals surface area contributed by atoms with Crippen molar-refractivity contribution < 1.29 is 0 Å². The molecule has 2 aromatic rings. The third-order valence-corrected chi connectivity index (χ3v) is 4.19. The van der Waals surface area contributed by atoms with Crippen molar-refractivity contribution >= 4 is 45.8 Å². The van der Waals surface area contributed by atoms with E-state index in [4.69, 9.17) is 34.8 Å². The Bertz CT molecular complexity index is 593. The SMILES string of the molecule is CN(C)CCCCn1c(CCl)nc2cc(Cl)c(Cl)cc21. The van der Waals surface area contributed by atoms with Gasteiger partial charge in [0.25, 0.3) is 0 Å². The molecule has 0 unspecified atom stereocenters. The van der Waals surface area contributed by atoms with E-state index in [-0.39, 0.29) is 0 Å². The molecule has 0 radical (unpaired) electrons. The minimum Gasteiger partial charge on any atom is -0.327 e. The fourth-order valence-corrected chi connectivity index (χ4v) is 2.74. The number of rotatable bonds is 6. The molecule has 1 aromatic heterocycles. The highest BCUT2D eigenvalue weighted by atomic mass is 35.5. The van der Waals surface area contributed by atoms with Gasteiger partial charge in [-0.3, -0.25) is 0 Å². The maximum atomic E-state index is 6.10. The quantitative estimate of drug-likeness (QED) is 0.576. The molecule has 0 saturated carbocycles. The van der Waals surface area contributed by atoms with Gasteiger partial charge in [0.2, 0.25) is 0 Å². The number of aromatic nitrogens is 2. The van der Waals surface area contributed by atoms with E-state index in [2.05, 4.69) is 28.5 Å². The first-order chi connectivity index (χ1) is 9.52. The predicted molar refractivity (Wildman–Crippen MR) is 87.1 cm³/mol. The molecule has 0 N–H and O–H groups in total. The number of unbranched alkanes of at least 4 members (excludes halogenated alkanes) is 1. The molecule has 0 amide bonds. The molecule has 0 atom stereocenters. The number of aryl methyl sites for hydroxylation is 1. The predicted octanol–water partition coefficient (Wildman–Crippen LogP) is 4.42. The molecule has 0 bridgehead atoms. The van der Waals surface area contributed by atoms with Crippen LogP contribution in [-0.4, -0.2) is 35.1 Å². The van der Waals surface area contributed by atoms with Gasteiger partial charge in [-0.25, -0.2) is 4.98 Å². The maximum absolute atomic E-state index is 6.10. The fourth-order valence-electron chi connectivity index (χ4n) is 2.22. The molecule has 1 heterocycles. The van der Waals surface area contributed by atoms with E-state index in [1.165, 1.54) is 0 Å². The van der Waals surface area contributed by atoms with Crippen molar-refractivity contribution in [3.05, 3.63) is 28.0 Å². The number of halogens is 3. The Labute approximate surface area is 134 Å². The molecule has 0 aliphatic heterocycles. The number of imidazole rings is 1. The van der Waals surface area contributed by atoms with E-state index in [0.29, 0.717) is 15.9 Å². The molecule has 0 spiro atoms. The van der Waals surface area contributed by atoms with Crippen molar-refractivity contribution in [3.8, 4) is 0 Å². The van der Waals surface area contributed by atoms with Crippen LogP contribution < -0.4 is 0 Å². The molecule has 6 heteroatoms. The van der Waals surface area contributed by atoms with Gasteiger partial charge in [0.1, 0.15) is 5.82 Å². The lowest BCUT2D eigenvalue weighted by Gasteiger charge is -2.11. The van der Waals surface area contributed by atoms with Crippen LogP contribution in [0.25, 0.3) is 11.0 Å². The first kappa shape index (κ1) is 15.9. The summed E-state index contributed by atoms with van der Waals surface area (Å²) in [5.74, 6) is 1.25. The summed E-state index contributed by atoms with van der Waals surface area (Å²) < 4.78 is 2.14. The topological polar surface area (TPSA) is 21.1 Å². The standard InChI is InChI=1S/C14H18Cl3N3/c1-19(2)5-3-4-6-20-13-8-11(17)10(16)7-12(13)18-14(20)9-15/h7-8H,3-6,9H2,1-2H3. The Hall–Kier alpha value is -0.480. The van der Waals surface area contributed by atoms with Crippen molar-refractivity contribution in [2.75, 3.05) is 20.6 Å². The summed E-state index contributed by atoms with van der Waals surface area (Å²) in [6, 6.07) is 3.67. The lowest BCUT2D eigenvalue weighted by Crippen LogP contribution is -2.13. The van der Waals surface area contributed by atoms with Crippen LogP contribution in [0.3, 0.4) is 0 Å². The van der Waals surface area contributed by atoms with E-state index in [1.54, 1.807) is 6.07 Å². The molecule has 0 aliphatic rings. The highest BCUT2D eigenvalue weighted by molar-refractivity contribution is 6.42. The average molecular weight is 335 g/mol. The van der Waals surface area contributed by atoms with E-state index < -0.39 is 0 Å². The molecular formula is C14H18Cl3N3. The smallest absolute Gasteiger partial charge is 0.124 e. The van der Waals surface area contributed by atoms with Gasteiger partial charge in [-0.15, -0.1) is 11.6 Å². The molecule has 2 rings (SSSR count). The Morgan fingerprint density at radius 3 is 2.50 bits per heavy atom. The normalized spacial score (nSPS) is 11.7. The second-order valence-corrected chi connectivity index (χ2v) is 6.16. The number of hydrogen-bond donors (Lipinski definition) is 0. The second kappa shape index (κ2) is 6.99. The van der Waals surface area contributed by atoms with Crippen molar-refractivity contribution in [1.29, 1.82) is 0 Å². The summed E-state index contributed by atoms with van der Waals surface area (Å²) in [7, 11) is 4.16. The zero-order valence-corrected chi connectivity index (χ0v) is 13.9. The van der Waals surface area contributed by atoms with Gasteiger partial charge in [0.15, 0.2) is 0 Å². The zero-order chi connectivity index (χ0) is 14.7. The van der Waals surface area contributed by atoms with Crippen LogP contribution >= 0.6 is 34.8 Å². The summed E-state index contributed by atoms with van der Waals surface area (Å²) in [5.41, 5.74) is 1.85. The summed E-state index contributed by atoms with van der Waals surface area (Å²) in [6.07, 6.45) is 2.21. The Morgan fingerprint density at radius 2 is 1.85 bits per heavy atom. The molecular weight excluding hydrogens is 317 g/mol. The first-order valence-electron chi connectivity index (χ1n) is 6.57. The number of fused-ring (bicyclic) bond motifs is 1. The van der Waals surface area contributed by atoms with E-state index in [1.807, 2.05) is 6.07 Å². The van der Waals surface area contributed by atoms with Crippen LogP contribution in [0.2, 0.25) is 10.0 Å². The molecule has 0 saturated heterocycles. The fraction of sp³-hybridized carbons (Fsp3) is 0.500. The first-order valence-corrected chi connectivity index (χ1v) is 7.87. The van der Waals surface area contributed by atoms with Crippen LogP contribution in [0, 0.1) is 0 Å². The Kier molecular flexibility index (Phi) is 5.56. The highest BCUT2D eigenvalue weighted by Crippen LogP contribution is 2.29. The summed E-state index contributed by atoms with van der Waals surface area (Å²) in [5, 5.41) is 1.08. The van der Waals surface area contributed by atoms with Crippen LogP contribution in [0.1, 0.15) is 18.7 Å². The zero-order valence-electron chi connectivity index (χ0n) is 11.7. The summed E-state index contributed by atoms with van der Waals surface area (Å²) in [6.45, 7) is 1.97. The molecule has 3 nitrogen and oxygen atoms in total. The van der Waals surface area contributed by atoms with Crippen molar-refractivity contribution in [2.24, 2.45) is 0 Å². The van der Waals surface area contributed by atoms with Gasteiger partial charge in [-0.1, -0.05) is 23.2 Å².